The first kappa shape index (κ1) is 18.5. The standard InChI is InChI=1S/C19H26N2O2S/c1-4-11-21(12-5-2)18(22)10-9-16-14-24-19(20-16)15-7-6-8-17(13-15)23-3/h6-8,13-14H,4-5,9-12H2,1-3H3. The maximum Gasteiger partial charge on any atom is 0.222 e. The molecular formula is C19H26N2O2S. The van der Waals surface area contributed by atoms with Gasteiger partial charge in [-0.15, -0.1) is 11.3 Å². The molecule has 0 aliphatic carbocycles. The Morgan fingerprint density at radius 1 is 1.25 bits per heavy atom. The summed E-state index contributed by atoms with van der Waals surface area (Å²) in [5.41, 5.74) is 2.04. The normalized spacial score (nSPS) is 10.6. The Bertz CT molecular complexity index is 648. The molecule has 1 aromatic carbocycles. The van der Waals surface area contributed by atoms with Crippen LogP contribution in [0.2, 0.25) is 0 Å². The van der Waals surface area contributed by atoms with Gasteiger partial charge in [-0.2, -0.15) is 0 Å². The summed E-state index contributed by atoms with van der Waals surface area (Å²) in [6, 6.07) is 7.90. The second-order valence-corrected chi connectivity index (χ2v) is 6.61. The number of benzene rings is 1. The van der Waals surface area contributed by atoms with E-state index in [1.165, 1.54) is 0 Å². The van der Waals surface area contributed by atoms with Gasteiger partial charge in [-0.05, 0) is 31.4 Å². The second kappa shape index (κ2) is 9.42. The number of rotatable bonds is 9. The summed E-state index contributed by atoms with van der Waals surface area (Å²) in [4.78, 5) is 19.0. The van der Waals surface area contributed by atoms with Gasteiger partial charge >= 0.3 is 0 Å². The molecule has 1 aromatic heterocycles. The molecule has 0 radical (unpaired) electrons. The maximum atomic E-state index is 12.3. The minimum atomic E-state index is 0.231. The molecular weight excluding hydrogens is 320 g/mol. The summed E-state index contributed by atoms with van der Waals surface area (Å²) >= 11 is 1.61. The number of thiazole rings is 1. The van der Waals surface area contributed by atoms with Crippen LogP contribution in [0.3, 0.4) is 0 Å². The van der Waals surface area contributed by atoms with E-state index in [9.17, 15) is 4.79 Å². The molecule has 0 N–H and O–H groups in total. The molecule has 0 fully saturated rings. The minimum Gasteiger partial charge on any atom is -0.497 e. The van der Waals surface area contributed by atoms with Crippen molar-refractivity contribution in [3.63, 3.8) is 0 Å². The summed E-state index contributed by atoms with van der Waals surface area (Å²) in [6.45, 7) is 5.91. The fourth-order valence-electron chi connectivity index (χ4n) is 2.60. The topological polar surface area (TPSA) is 42.4 Å². The Labute approximate surface area is 148 Å². The van der Waals surface area contributed by atoms with Crippen molar-refractivity contribution >= 4 is 17.2 Å². The van der Waals surface area contributed by atoms with Crippen molar-refractivity contribution in [2.24, 2.45) is 0 Å². The van der Waals surface area contributed by atoms with E-state index in [-0.39, 0.29) is 5.91 Å². The van der Waals surface area contributed by atoms with E-state index in [0.29, 0.717) is 12.8 Å². The summed E-state index contributed by atoms with van der Waals surface area (Å²) < 4.78 is 5.26. The van der Waals surface area contributed by atoms with Crippen LogP contribution in [-0.4, -0.2) is 36.0 Å². The largest absolute Gasteiger partial charge is 0.497 e. The van der Waals surface area contributed by atoms with E-state index in [2.05, 4.69) is 18.8 Å². The van der Waals surface area contributed by atoms with Crippen molar-refractivity contribution in [2.45, 2.75) is 39.5 Å². The molecule has 0 saturated heterocycles. The zero-order valence-corrected chi connectivity index (χ0v) is 15.6. The molecule has 0 atom stereocenters. The van der Waals surface area contributed by atoms with Gasteiger partial charge in [-0.25, -0.2) is 4.98 Å². The van der Waals surface area contributed by atoms with E-state index < -0.39 is 0 Å². The SMILES string of the molecule is CCCN(CCC)C(=O)CCc1csc(-c2cccc(OC)c2)n1. The molecule has 0 spiro atoms. The van der Waals surface area contributed by atoms with Crippen LogP contribution in [0.15, 0.2) is 29.6 Å². The number of aromatic nitrogens is 1. The average molecular weight is 346 g/mol. The Morgan fingerprint density at radius 3 is 2.67 bits per heavy atom. The smallest absolute Gasteiger partial charge is 0.222 e. The number of nitrogens with zero attached hydrogens (tertiary/aromatic N) is 2. The lowest BCUT2D eigenvalue weighted by atomic mass is 10.2. The van der Waals surface area contributed by atoms with Gasteiger partial charge < -0.3 is 9.64 Å². The van der Waals surface area contributed by atoms with Gasteiger partial charge in [-0.3, -0.25) is 4.79 Å². The van der Waals surface area contributed by atoms with E-state index in [1.807, 2.05) is 34.5 Å². The van der Waals surface area contributed by atoms with E-state index in [0.717, 1.165) is 47.9 Å². The predicted molar refractivity (Wildman–Crippen MR) is 99.6 cm³/mol. The number of carbonyl (C=O) groups excluding carboxylic acids is 1. The zero-order chi connectivity index (χ0) is 17.4. The Hall–Kier alpha value is -1.88. The lowest BCUT2D eigenvalue weighted by Crippen LogP contribution is -2.32. The van der Waals surface area contributed by atoms with Crippen LogP contribution >= 0.6 is 11.3 Å². The van der Waals surface area contributed by atoms with Gasteiger partial charge in [-0.1, -0.05) is 26.0 Å². The van der Waals surface area contributed by atoms with E-state index in [1.54, 1.807) is 18.4 Å². The van der Waals surface area contributed by atoms with Crippen LogP contribution in [0.4, 0.5) is 0 Å². The molecule has 1 heterocycles. The third-order valence-corrected chi connectivity index (χ3v) is 4.74. The van der Waals surface area contributed by atoms with E-state index in [4.69, 9.17) is 4.74 Å². The van der Waals surface area contributed by atoms with Crippen LogP contribution in [0.5, 0.6) is 5.75 Å². The predicted octanol–water partition coefficient (Wildman–Crippen LogP) is 4.40. The monoisotopic (exact) mass is 346 g/mol. The Morgan fingerprint density at radius 2 is 2.00 bits per heavy atom. The molecule has 0 saturated carbocycles. The highest BCUT2D eigenvalue weighted by Crippen LogP contribution is 2.27. The van der Waals surface area contributed by atoms with Crippen molar-refractivity contribution < 1.29 is 9.53 Å². The zero-order valence-electron chi connectivity index (χ0n) is 14.7. The molecule has 0 bridgehead atoms. The molecule has 0 unspecified atom stereocenters. The second-order valence-electron chi connectivity index (χ2n) is 5.76. The van der Waals surface area contributed by atoms with Crippen molar-refractivity contribution in [1.29, 1.82) is 0 Å². The first-order chi connectivity index (χ1) is 11.7. The lowest BCUT2D eigenvalue weighted by Gasteiger charge is -2.21. The van der Waals surface area contributed by atoms with Gasteiger partial charge in [0.25, 0.3) is 0 Å². The van der Waals surface area contributed by atoms with Crippen LogP contribution in [-0.2, 0) is 11.2 Å². The molecule has 1 amide bonds. The van der Waals surface area contributed by atoms with Crippen molar-refractivity contribution in [3.05, 3.63) is 35.3 Å². The summed E-state index contributed by atoms with van der Waals surface area (Å²) in [5, 5.41) is 3.02. The minimum absolute atomic E-state index is 0.231. The summed E-state index contributed by atoms with van der Waals surface area (Å²) in [6.07, 6.45) is 3.23. The molecule has 5 heteroatoms. The number of ether oxygens (including phenoxy) is 1. The summed E-state index contributed by atoms with van der Waals surface area (Å²) in [7, 11) is 1.66. The number of hydrogen-bond acceptors (Lipinski definition) is 4. The van der Waals surface area contributed by atoms with Crippen molar-refractivity contribution in [2.75, 3.05) is 20.2 Å². The fourth-order valence-corrected chi connectivity index (χ4v) is 3.46. The highest BCUT2D eigenvalue weighted by atomic mass is 32.1. The average Bonchev–Trinajstić information content (AvgIpc) is 3.08. The molecule has 0 aliphatic heterocycles. The number of carbonyl (C=O) groups is 1. The maximum absolute atomic E-state index is 12.3. The Kier molecular flexibility index (Phi) is 7.25. The van der Waals surface area contributed by atoms with Gasteiger partial charge in [0, 0.05) is 30.5 Å². The highest BCUT2D eigenvalue weighted by Gasteiger charge is 2.13. The Balaban J connectivity index is 1.97. The lowest BCUT2D eigenvalue weighted by molar-refractivity contribution is -0.131. The first-order valence-corrected chi connectivity index (χ1v) is 9.42. The third-order valence-electron chi connectivity index (χ3n) is 3.80. The van der Waals surface area contributed by atoms with Gasteiger partial charge in [0.1, 0.15) is 10.8 Å². The van der Waals surface area contributed by atoms with Gasteiger partial charge in [0.2, 0.25) is 5.91 Å². The number of aryl methyl sites for hydroxylation is 1. The van der Waals surface area contributed by atoms with E-state index >= 15 is 0 Å². The molecule has 2 rings (SSSR count). The van der Waals surface area contributed by atoms with Crippen molar-refractivity contribution in [1.82, 2.24) is 9.88 Å². The van der Waals surface area contributed by atoms with Crippen molar-refractivity contribution in [3.8, 4) is 16.3 Å². The van der Waals surface area contributed by atoms with Gasteiger partial charge in [0.05, 0.1) is 12.8 Å². The third kappa shape index (κ3) is 5.06. The summed E-state index contributed by atoms with van der Waals surface area (Å²) in [5.74, 6) is 1.06. The number of methoxy groups -OCH3 is 1. The first-order valence-electron chi connectivity index (χ1n) is 8.54. The molecule has 130 valence electrons. The molecule has 2 aromatic rings. The quantitative estimate of drug-likeness (QED) is 0.676. The molecule has 0 aliphatic rings. The molecule has 4 nitrogen and oxygen atoms in total. The van der Waals surface area contributed by atoms with Crippen LogP contribution in [0.25, 0.3) is 10.6 Å². The fraction of sp³-hybridized carbons (Fsp3) is 0.474. The van der Waals surface area contributed by atoms with Crippen LogP contribution in [0, 0.1) is 0 Å². The van der Waals surface area contributed by atoms with Gasteiger partial charge in [0.15, 0.2) is 0 Å². The number of hydrogen-bond donors (Lipinski definition) is 0. The van der Waals surface area contributed by atoms with Crippen LogP contribution in [0.1, 0.15) is 38.8 Å². The van der Waals surface area contributed by atoms with Crippen LogP contribution < -0.4 is 4.74 Å². The highest BCUT2D eigenvalue weighted by molar-refractivity contribution is 7.13. The number of amides is 1. The molecule has 24 heavy (non-hydrogen) atoms.